The van der Waals surface area contributed by atoms with Crippen LogP contribution in [0, 0.1) is 0 Å². The van der Waals surface area contributed by atoms with Crippen LogP contribution in [-0.2, 0) is 0 Å². The van der Waals surface area contributed by atoms with Crippen LogP contribution >= 0.6 is 0 Å². The summed E-state index contributed by atoms with van der Waals surface area (Å²) in [5, 5.41) is 9.17. The van der Waals surface area contributed by atoms with E-state index in [1.807, 2.05) is 4.90 Å². The van der Waals surface area contributed by atoms with Crippen LogP contribution in [0.25, 0.3) is 0 Å². The van der Waals surface area contributed by atoms with E-state index in [1.165, 1.54) is 30.6 Å². The zero-order chi connectivity index (χ0) is 17.2. The Labute approximate surface area is 135 Å². The Hall–Kier alpha value is -2.71. The average molecular weight is 340 g/mol. The number of ether oxygens (including phenoxy) is 1. The summed E-state index contributed by atoms with van der Waals surface area (Å²) in [4.78, 5) is 13.9. The largest absolute Gasteiger partial charge is 0.573 e. The number of anilines is 1. The summed E-state index contributed by atoms with van der Waals surface area (Å²) in [5.74, 6) is -0.490. The number of hydrogen-bond donors (Lipinski definition) is 2. The number of nitrogens with one attached hydrogen (secondary N) is 2. The maximum absolute atomic E-state index is 12.3. The molecule has 2 N–H and O–H groups in total. The van der Waals surface area contributed by atoms with Gasteiger partial charge in [0.05, 0.1) is 11.8 Å². The molecule has 1 atom stereocenters. The van der Waals surface area contributed by atoms with Crippen LogP contribution in [0.15, 0.2) is 36.7 Å². The number of carbonyl (C=O) groups is 1. The van der Waals surface area contributed by atoms with Crippen molar-refractivity contribution in [1.82, 2.24) is 15.5 Å². The minimum absolute atomic E-state index is 0.0837. The van der Waals surface area contributed by atoms with Crippen molar-refractivity contribution in [3.05, 3.63) is 42.2 Å². The summed E-state index contributed by atoms with van der Waals surface area (Å²) in [5.41, 5.74) is 1.06. The number of rotatable bonds is 4. The second kappa shape index (κ2) is 6.42. The Balaban J connectivity index is 1.61. The molecule has 1 aliphatic rings. The smallest absolute Gasteiger partial charge is 0.406 e. The molecule has 0 saturated carbocycles. The second-order valence-electron chi connectivity index (χ2n) is 5.44. The molecule has 1 aromatic heterocycles. The number of amides is 1. The zero-order valence-electron chi connectivity index (χ0n) is 12.5. The predicted octanol–water partition coefficient (Wildman–Crippen LogP) is 2.32. The first kappa shape index (κ1) is 16.2. The highest BCUT2D eigenvalue weighted by Crippen LogP contribution is 2.28. The minimum atomic E-state index is -4.72. The molecule has 1 aliphatic heterocycles. The number of H-pyrrole nitrogens is 1. The summed E-state index contributed by atoms with van der Waals surface area (Å²) >= 11 is 0. The molecule has 3 rings (SSSR count). The summed E-state index contributed by atoms with van der Waals surface area (Å²) in [7, 11) is 0. The number of alkyl halides is 3. The summed E-state index contributed by atoms with van der Waals surface area (Å²) < 4.78 is 40.8. The molecule has 2 aromatic rings. The minimum Gasteiger partial charge on any atom is -0.406 e. The fourth-order valence-electron chi connectivity index (χ4n) is 2.63. The lowest BCUT2D eigenvalue weighted by molar-refractivity contribution is -0.274. The van der Waals surface area contributed by atoms with Gasteiger partial charge in [-0.05, 0) is 18.6 Å². The Bertz CT molecular complexity index is 703. The van der Waals surface area contributed by atoms with Gasteiger partial charge in [0.15, 0.2) is 0 Å². The molecule has 1 amide bonds. The molecule has 0 aliphatic carbocycles. The van der Waals surface area contributed by atoms with Crippen LogP contribution < -0.4 is 15.0 Å². The maximum Gasteiger partial charge on any atom is 0.573 e. The molecule has 1 aromatic carbocycles. The van der Waals surface area contributed by atoms with E-state index in [2.05, 4.69) is 20.3 Å². The normalized spacial score (nSPS) is 17.8. The second-order valence-corrected chi connectivity index (χ2v) is 5.44. The van der Waals surface area contributed by atoms with Gasteiger partial charge in [0.1, 0.15) is 5.75 Å². The molecule has 9 heteroatoms. The van der Waals surface area contributed by atoms with Crippen LogP contribution in [-0.4, -0.2) is 41.6 Å². The molecular formula is C15H15F3N4O2. The van der Waals surface area contributed by atoms with Gasteiger partial charge in [-0.1, -0.05) is 6.07 Å². The monoisotopic (exact) mass is 340 g/mol. The van der Waals surface area contributed by atoms with E-state index in [-0.39, 0.29) is 17.7 Å². The fraction of sp³-hybridized carbons (Fsp3) is 0.333. The number of carbonyl (C=O) groups excluding carboxylic acids is 1. The quantitative estimate of drug-likeness (QED) is 0.896. The van der Waals surface area contributed by atoms with Crippen LogP contribution in [0.4, 0.5) is 18.9 Å². The molecule has 0 unspecified atom stereocenters. The van der Waals surface area contributed by atoms with E-state index < -0.39 is 6.36 Å². The molecule has 0 radical (unpaired) electrons. The van der Waals surface area contributed by atoms with Gasteiger partial charge in [0.25, 0.3) is 5.91 Å². The molecule has 2 heterocycles. The highest BCUT2D eigenvalue weighted by atomic mass is 19.4. The number of aromatic nitrogens is 2. The van der Waals surface area contributed by atoms with Gasteiger partial charge in [-0.2, -0.15) is 5.10 Å². The molecule has 1 fully saturated rings. The average Bonchev–Trinajstić information content (AvgIpc) is 3.17. The molecule has 0 spiro atoms. The molecule has 128 valence electrons. The number of halogens is 3. The van der Waals surface area contributed by atoms with Crippen LogP contribution in [0.5, 0.6) is 5.75 Å². The number of aromatic amines is 1. The third-order valence-corrected chi connectivity index (χ3v) is 3.70. The van der Waals surface area contributed by atoms with Gasteiger partial charge in [0, 0.05) is 37.1 Å². The lowest BCUT2D eigenvalue weighted by Crippen LogP contribution is -2.37. The molecular weight excluding hydrogens is 325 g/mol. The van der Waals surface area contributed by atoms with E-state index in [1.54, 1.807) is 6.07 Å². The number of benzene rings is 1. The predicted molar refractivity (Wildman–Crippen MR) is 79.8 cm³/mol. The van der Waals surface area contributed by atoms with E-state index >= 15 is 0 Å². The topological polar surface area (TPSA) is 70.2 Å². The Morgan fingerprint density at radius 3 is 2.96 bits per heavy atom. The Morgan fingerprint density at radius 1 is 1.42 bits per heavy atom. The van der Waals surface area contributed by atoms with Crippen molar-refractivity contribution in [2.75, 3.05) is 18.0 Å². The van der Waals surface area contributed by atoms with E-state index in [0.717, 1.165) is 0 Å². The first-order valence-electron chi connectivity index (χ1n) is 7.31. The highest BCUT2D eigenvalue weighted by molar-refractivity contribution is 5.93. The first-order chi connectivity index (χ1) is 11.4. The van der Waals surface area contributed by atoms with Crippen molar-refractivity contribution >= 4 is 11.6 Å². The van der Waals surface area contributed by atoms with Gasteiger partial charge >= 0.3 is 6.36 Å². The molecule has 0 bridgehead atoms. The molecule has 6 nitrogen and oxygen atoms in total. The van der Waals surface area contributed by atoms with Gasteiger partial charge in [-0.15, -0.1) is 13.2 Å². The maximum atomic E-state index is 12.3. The van der Waals surface area contributed by atoms with Crippen molar-refractivity contribution in [3.63, 3.8) is 0 Å². The van der Waals surface area contributed by atoms with Crippen molar-refractivity contribution in [2.24, 2.45) is 0 Å². The van der Waals surface area contributed by atoms with Gasteiger partial charge in [-0.25, -0.2) is 0 Å². The lowest BCUT2D eigenvalue weighted by atomic mass is 10.2. The van der Waals surface area contributed by atoms with Crippen LogP contribution in [0.2, 0.25) is 0 Å². The van der Waals surface area contributed by atoms with Crippen molar-refractivity contribution in [2.45, 2.75) is 18.8 Å². The third-order valence-electron chi connectivity index (χ3n) is 3.70. The summed E-state index contributed by atoms with van der Waals surface area (Å²) in [6.45, 7) is 1.14. The zero-order valence-corrected chi connectivity index (χ0v) is 12.5. The summed E-state index contributed by atoms with van der Waals surface area (Å²) in [6.07, 6.45) is -1.08. The lowest BCUT2D eigenvalue weighted by Gasteiger charge is -2.20. The van der Waals surface area contributed by atoms with Crippen LogP contribution in [0.1, 0.15) is 16.8 Å². The van der Waals surface area contributed by atoms with E-state index in [9.17, 15) is 18.0 Å². The van der Waals surface area contributed by atoms with Crippen LogP contribution in [0.3, 0.4) is 0 Å². The number of hydrogen-bond acceptors (Lipinski definition) is 4. The van der Waals surface area contributed by atoms with Gasteiger partial charge < -0.3 is 15.0 Å². The van der Waals surface area contributed by atoms with Crippen molar-refractivity contribution < 1.29 is 22.7 Å². The standard InChI is InChI=1S/C15H15F3N4O2/c16-15(17,18)24-13-3-1-2-12(6-13)22-5-4-11(9-22)21-14(23)10-7-19-20-8-10/h1-3,6-8,11H,4-5,9H2,(H,19,20)(H,21,23)/t11-/m0/s1. The first-order valence-corrected chi connectivity index (χ1v) is 7.31. The SMILES string of the molecule is O=C(N[C@H]1CCN(c2cccc(OC(F)(F)F)c2)C1)c1cn[nH]c1. The third kappa shape index (κ3) is 3.98. The highest BCUT2D eigenvalue weighted by Gasteiger charge is 2.31. The number of nitrogens with zero attached hydrogens (tertiary/aromatic N) is 2. The van der Waals surface area contributed by atoms with E-state index in [0.29, 0.717) is 30.8 Å². The van der Waals surface area contributed by atoms with Crippen molar-refractivity contribution in [1.29, 1.82) is 0 Å². The van der Waals surface area contributed by atoms with Gasteiger partial charge in [0.2, 0.25) is 0 Å². The molecule has 24 heavy (non-hydrogen) atoms. The fourth-order valence-corrected chi connectivity index (χ4v) is 2.63. The summed E-state index contributed by atoms with van der Waals surface area (Å²) in [6, 6.07) is 5.73. The van der Waals surface area contributed by atoms with Crippen molar-refractivity contribution in [3.8, 4) is 5.75 Å². The Kier molecular flexibility index (Phi) is 4.32. The van der Waals surface area contributed by atoms with E-state index in [4.69, 9.17) is 0 Å². The Morgan fingerprint density at radius 2 is 2.25 bits per heavy atom. The van der Waals surface area contributed by atoms with Gasteiger partial charge in [-0.3, -0.25) is 9.89 Å². The molecule has 1 saturated heterocycles.